The predicted octanol–water partition coefficient (Wildman–Crippen LogP) is 2.10. The Morgan fingerprint density at radius 2 is 2.09 bits per heavy atom. The summed E-state index contributed by atoms with van der Waals surface area (Å²) < 4.78 is 2.08. The molecule has 3 saturated heterocycles. The van der Waals surface area contributed by atoms with Crippen LogP contribution in [0.15, 0.2) is 30.5 Å². The van der Waals surface area contributed by atoms with Gasteiger partial charge in [-0.05, 0) is 31.4 Å². The second-order valence-corrected chi connectivity index (χ2v) is 7.95. The van der Waals surface area contributed by atoms with Gasteiger partial charge in [0.15, 0.2) is 0 Å². The molecule has 5 atom stereocenters. The van der Waals surface area contributed by atoms with Crippen LogP contribution in [-0.2, 0) is 7.05 Å². The van der Waals surface area contributed by atoms with Gasteiger partial charge in [-0.3, -0.25) is 9.69 Å². The van der Waals surface area contributed by atoms with E-state index in [0.717, 1.165) is 41.5 Å². The van der Waals surface area contributed by atoms with E-state index in [9.17, 15) is 4.79 Å². The minimum atomic E-state index is 0.253. The van der Waals surface area contributed by atoms with Gasteiger partial charge in [0.2, 0.25) is 0 Å². The summed E-state index contributed by atoms with van der Waals surface area (Å²) in [5.74, 6) is 1.01. The zero-order valence-corrected chi connectivity index (χ0v) is 13.4. The Labute approximate surface area is 135 Å². The van der Waals surface area contributed by atoms with Crippen LogP contribution in [0.3, 0.4) is 0 Å². The van der Waals surface area contributed by atoms with Gasteiger partial charge in [0.05, 0.1) is 11.6 Å². The molecule has 4 nitrogen and oxygen atoms in total. The summed E-state index contributed by atoms with van der Waals surface area (Å²) in [6, 6.07) is 9.50. The van der Waals surface area contributed by atoms with Gasteiger partial charge in [0.25, 0.3) is 5.91 Å². The second kappa shape index (κ2) is 3.81. The first-order chi connectivity index (χ1) is 11.2. The van der Waals surface area contributed by atoms with E-state index < -0.39 is 0 Å². The lowest BCUT2D eigenvalue weighted by Gasteiger charge is -2.46. The van der Waals surface area contributed by atoms with E-state index in [4.69, 9.17) is 0 Å². The number of nitrogens with zero attached hydrogens (tertiary/aromatic N) is 3. The average Bonchev–Trinajstić information content (AvgIpc) is 3.18. The van der Waals surface area contributed by atoms with E-state index in [1.807, 2.05) is 25.4 Å². The standard InChI is InChI=1S/C19H21N3O/c1-20-10-14(13-4-2-3-5-15(13)20)18(23)22-9-12-8-16-19(12)6-7-21(16)11-17(19)22/h2-5,10,12,16-17H,6-9,11H2,1H3/t12-,16+,17-,19?/m0/s1. The zero-order chi connectivity index (χ0) is 15.3. The van der Waals surface area contributed by atoms with E-state index in [1.54, 1.807) is 0 Å². The van der Waals surface area contributed by atoms with Gasteiger partial charge in [0, 0.05) is 48.7 Å². The molecule has 0 radical (unpaired) electrons. The first-order valence-corrected chi connectivity index (χ1v) is 8.79. The average molecular weight is 307 g/mol. The maximum atomic E-state index is 13.3. The maximum Gasteiger partial charge on any atom is 0.256 e. The number of fused-ring (bicyclic) bond motifs is 1. The van der Waals surface area contributed by atoms with Crippen molar-refractivity contribution in [2.45, 2.75) is 24.9 Å². The lowest BCUT2D eigenvalue weighted by Crippen LogP contribution is -2.51. The predicted molar refractivity (Wildman–Crippen MR) is 88.3 cm³/mol. The SMILES string of the molecule is Cn1cc(C(=O)N2C[C@@H]3C[C@H]4N5CCC34[C@@H]2C5)c2ccccc21. The highest BCUT2D eigenvalue weighted by Crippen LogP contribution is 2.67. The first-order valence-electron chi connectivity index (χ1n) is 8.79. The molecule has 2 bridgehead atoms. The molecule has 3 aliphatic heterocycles. The van der Waals surface area contributed by atoms with Crippen molar-refractivity contribution in [3.63, 3.8) is 0 Å². The Hall–Kier alpha value is -1.81. The van der Waals surface area contributed by atoms with Gasteiger partial charge in [0.1, 0.15) is 0 Å². The van der Waals surface area contributed by atoms with E-state index in [-0.39, 0.29) is 5.91 Å². The molecule has 4 heteroatoms. The summed E-state index contributed by atoms with van der Waals surface area (Å²) in [4.78, 5) is 18.2. The van der Waals surface area contributed by atoms with Gasteiger partial charge in [-0.15, -0.1) is 0 Å². The zero-order valence-electron chi connectivity index (χ0n) is 13.4. The fourth-order valence-electron chi connectivity index (χ4n) is 6.33. The van der Waals surface area contributed by atoms with Crippen LogP contribution in [0.2, 0.25) is 0 Å². The van der Waals surface area contributed by atoms with Gasteiger partial charge >= 0.3 is 0 Å². The van der Waals surface area contributed by atoms with Crippen LogP contribution in [0, 0.1) is 11.3 Å². The minimum Gasteiger partial charge on any atom is -0.350 e. The fourth-order valence-corrected chi connectivity index (χ4v) is 6.33. The van der Waals surface area contributed by atoms with Crippen LogP contribution in [0.1, 0.15) is 23.2 Å². The molecule has 4 fully saturated rings. The van der Waals surface area contributed by atoms with Crippen LogP contribution >= 0.6 is 0 Å². The van der Waals surface area contributed by atoms with Crippen molar-refractivity contribution >= 4 is 16.8 Å². The molecule has 1 aromatic heterocycles. The number of likely N-dealkylation sites (tertiary alicyclic amines) is 1. The summed E-state index contributed by atoms with van der Waals surface area (Å²) in [6.07, 6.45) is 4.65. The van der Waals surface area contributed by atoms with Crippen molar-refractivity contribution in [3.8, 4) is 0 Å². The van der Waals surface area contributed by atoms with Crippen molar-refractivity contribution in [2.75, 3.05) is 19.6 Å². The van der Waals surface area contributed by atoms with E-state index in [1.165, 1.54) is 19.4 Å². The Morgan fingerprint density at radius 3 is 2.96 bits per heavy atom. The number of piperidine rings is 1. The third-order valence-electron chi connectivity index (χ3n) is 7.37. The number of hydrogen-bond acceptors (Lipinski definition) is 2. The maximum absolute atomic E-state index is 13.3. The quantitative estimate of drug-likeness (QED) is 0.807. The number of para-hydroxylation sites is 1. The smallest absolute Gasteiger partial charge is 0.256 e. The van der Waals surface area contributed by atoms with Crippen molar-refractivity contribution < 1.29 is 4.79 Å². The first kappa shape index (κ1) is 12.6. The Morgan fingerprint density at radius 1 is 1.22 bits per heavy atom. The van der Waals surface area contributed by atoms with Crippen molar-refractivity contribution in [1.82, 2.24) is 14.4 Å². The minimum absolute atomic E-state index is 0.253. The molecule has 4 aliphatic rings. The molecule has 1 aromatic carbocycles. The van der Waals surface area contributed by atoms with Crippen LogP contribution in [0.4, 0.5) is 0 Å². The van der Waals surface area contributed by atoms with E-state index in [0.29, 0.717) is 11.5 Å². The highest BCUT2D eigenvalue weighted by molar-refractivity contribution is 6.07. The van der Waals surface area contributed by atoms with Gasteiger partial charge < -0.3 is 9.47 Å². The van der Waals surface area contributed by atoms with E-state index >= 15 is 0 Å². The van der Waals surface area contributed by atoms with Gasteiger partial charge in [-0.1, -0.05) is 18.2 Å². The molecule has 1 amide bonds. The molecule has 6 rings (SSSR count). The summed E-state index contributed by atoms with van der Waals surface area (Å²) in [5, 5.41) is 1.09. The molecule has 0 N–H and O–H groups in total. The molecule has 118 valence electrons. The van der Waals surface area contributed by atoms with Crippen LogP contribution < -0.4 is 0 Å². The lowest BCUT2D eigenvalue weighted by atomic mass is 9.57. The Balaban J connectivity index is 1.43. The normalized spacial score (nSPS) is 39.8. The molecule has 2 unspecified atom stereocenters. The van der Waals surface area contributed by atoms with Gasteiger partial charge in [-0.25, -0.2) is 0 Å². The van der Waals surface area contributed by atoms with E-state index in [2.05, 4.69) is 26.5 Å². The number of carbonyl (C=O) groups is 1. The largest absolute Gasteiger partial charge is 0.350 e. The third-order valence-corrected chi connectivity index (χ3v) is 7.37. The molecule has 1 aliphatic carbocycles. The molecular formula is C19H21N3O. The topological polar surface area (TPSA) is 28.5 Å². The van der Waals surface area contributed by atoms with Crippen LogP contribution in [0.5, 0.6) is 0 Å². The summed E-state index contributed by atoms with van der Waals surface area (Å²) >= 11 is 0. The number of hydrogen-bond donors (Lipinski definition) is 0. The molecular weight excluding hydrogens is 286 g/mol. The van der Waals surface area contributed by atoms with Crippen LogP contribution in [0.25, 0.3) is 10.9 Å². The lowest BCUT2D eigenvalue weighted by molar-refractivity contribution is 0.0485. The molecule has 2 aromatic rings. The highest BCUT2D eigenvalue weighted by Gasteiger charge is 2.73. The molecule has 1 spiro atoms. The number of benzene rings is 1. The van der Waals surface area contributed by atoms with Crippen molar-refractivity contribution in [2.24, 2.45) is 18.4 Å². The number of aromatic nitrogens is 1. The summed E-state index contributed by atoms with van der Waals surface area (Å²) in [5.41, 5.74) is 2.49. The fraction of sp³-hybridized carbons (Fsp3) is 0.526. The van der Waals surface area contributed by atoms with Crippen LogP contribution in [-0.4, -0.2) is 52.0 Å². The van der Waals surface area contributed by atoms with Crippen molar-refractivity contribution in [3.05, 3.63) is 36.0 Å². The second-order valence-electron chi connectivity index (χ2n) is 7.95. The molecule has 1 saturated carbocycles. The highest BCUT2D eigenvalue weighted by atomic mass is 16.2. The molecule has 4 heterocycles. The summed E-state index contributed by atoms with van der Waals surface area (Å²) in [6.45, 7) is 3.35. The monoisotopic (exact) mass is 307 g/mol. The number of aryl methyl sites for hydroxylation is 1. The number of carbonyl (C=O) groups excluding carboxylic acids is 1. The Bertz CT molecular complexity index is 855. The number of rotatable bonds is 1. The molecule has 23 heavy (non-hydrogen) atoms. The van der Waals surface area contributed by atoms with Gasteiger partial charge in [-0.2, -0.15) is 0 Å². The Kier molecular flexibility index (Phi) is 2.08. The number of amides is 1. The third kappa shape index (κ3) is 1.25. The summed E-state index contributed by atoms with van der Waals surface area (Å²) in [7, 11) is 2.03. The van der Waals surface area contributed by atoms with Crippen molar-refractivity contribution in [1.29, 1.82) is 0 Å².